The number of rotatable bonds is 6. The lowest BCUT2D eigenvalue weighted by Gasteiger charge is -2.38. The van der Waals surface area contributed by atoms with Gasteiger partial charge in [0.05, 0.1) is 5.56 Å². The summed E-state index contributed by atoms with van der Waals surface area (Å²) in [5.41, 5.74) is 3.79. The summed E-state index contributed by atoms with van der Waals surface area (Å²) in [5.74, 6) is -0.438. The summed E-state index contributed by atoms with van der Waals surface area (Å²) >= 11 is 11.4. The predicted octanol–water partition coefficient (Wildman–Crippen LogP) is 9.53. The third-order valence-corrected chi connectivity index (χ3v) is 10.6. The lowest BCUT2D eigenvalue weighted by Crippen LogP contribution is -2.30. The van der Waals surface area contributed by atoms with E-state index in [1.54, 1.807) is 6.07 Å². The van der Waals surface area contributed by atoms with Crippen LogP contribution in [0, 0.1) is 17.9 Å². The van der Waals surface area contributed by atoms with Crippen molar-refractivity contribution in [3.05, 3.63) is 131 Å². The molecule has 0 saturated carbocycles. The van der Waals surface area contributed by atoms with Gasteiger partial charge in [0.2, 0.25) is 0 Å². The van der Waals surface area contributed by atoms with Gasteiger partial charge < -0.3 is 18.9 Å². The van der Waals surface area contributed by atoms with Crippen LogP contribution in [0.3, 0.4) is 0 Å². The number of halogens is 5. The fourth-order valence-corrected chi connectivity index (χ4v) is 8.86. The van der Waals surface area contributed by atoms with Gasteiger partial charge in [-0.3, -0.25) is 0 Å². The van der Waals surface area contributed by atoms with Crippen LogP contribution >= 0.6 is 113 Å². The van der Waals surface area contributed by atoms with Crippen molar-refractivity contribution in [3.63, 3.8) is 0 Å². The third kappa shape index (κ3) is 7.10. The molecular weight excluding hydrogens is 1060 g/mol. The molecule has 1 fully saturated rings. The molecule has 200 valence electrons. The van der Waals surface area contributed by atoms with Crippen molar-refractivity contribution in [1.29, 1.82) is 0 Å². The van der Waals surface area contributed by atoms with Crippen molar-refractivity contribution < 1.29 is 23.7 Å². The summed E-state index contributed by atoms with van der Waals surface area (Å²) in [5, 5.41) is 0. The maximum Gasteiger partial charge on any atom is 0.338 e. The second-order valence-corrected chi connectivity index (χ2v) is 14.2. The van der Waals surface area contributed by atoms with E-state index in [4.69, 9.17) is 18.9 Å². The Labute approximate surface area is 294 Å². The lowest BCUT2D eigenvalue weighted by molar-refractivity contribution is -0.398. The molecule has 0 aromatic heterocycles. The minimum atomic E-state index is -0.875. The summed E-state index contributed by atoms with van der Waals surface area (Å²) < 4.78 is 30.2. The molecule has 39 heavy (non-hydrogen) atoms. The van der Waals surface area contributed by atoms with Crippen LogP contribution in [-0.2, 0) is 25.6 Å². The van der Waals surface area contributed by atoms with Gasteiger partial charge in [0.25, 0.3) is 0 Å². The smallest absolute Gasteiger partial charge is 0.338 e. The highest BCUT2D eigenvalue weighted by Gasteiger charge is 2.39. The average molecular weight is 1080 g/mol. The van der Waals surface area contributed by atoms with E-state index in [2.05, 4.69) is 113 Å². The third-order valence-electron chi connectivity index (χ3n) is 5.93. The normalized spacial score (nSPS) is 19.1. The molecule has 1 saturated heterocycles. The molecule has 4 aromatic rings. The van der Waals surface area contributed by atoms with Crippen LogP contribution in [0.5, 0.6) is 0 Å². The first kappa shape index (κ1) is 30.3. The predicted molar refractivity (Wildman–Crippen MR) is 190 cm³/mol. The Bertz CT molecular complexity index is 1400. The number of carbonyl (C=O) groups is 1. The quantitative estimate of drug-likeness (QED) is 0.142. The summed E-state index contributed by atoms with van der Waals surface area (Å²) in [6.07, 6.45) is -2.31. The van der Waals surface area contributed by atoms with E-state index in [1.165, 1.54) is 0 Å². The van der Waals surface area contributed by atoms with Gasteiger partial charge in [0.15, 0.2) is 18.9 Å². The summed E-state index contributed by atoms with van der Waals surface area (Å²) in [7, 11) is 0. The number of hydrogen-bond donors (Lipinski definition) is 0. The van der Waals surface area contributed by atoms with E-state index in [1.807, 2.05) is 78.9 Å². The number of carbonyl (C=O) groups excluding carboxylic acids is 1. The summed E-state index contributed by atoms with van der Waals surface area (Å²) in [4.78, 5) is 13.4. The van der Waals surface area contributed by atoms with Gasteiger partial charge in [0, 0.05) is 34.5 Å². The summed E-state index contributed by atoms with van der Waals surface area (Å²) in [6.45, 7) is 0.173. The monoisotopic (exact) mass is 1080 g/mol. The van der Waals surface area contributed by atoms with E-state index in [0.717, 1.165) is 34.5 Å². The molecule has 1 aliphatic heterocycles. The second-order valence-electron chi connectivity index (χ2n) is 8.44. The Morgan fingerprint density at radius 2 is 0.974 bits per heavy atom. The SMILES string of the molecule is O=C(OCc1ccccc1)c1cccc(I)c1C1OC(c2c(I)cccc2I)OC(c2c(I)cccc2I)O1. The largest absolute Gasteiger partial charge is 0.457 e. The highest BCUT2D eigenvalue weighted by molar-refractivity contribution is 14.1. The van der Waals surface area contributed by atoms with E-state index in [9.17, 15) is 4.79 Å². The molecule has 1 aliphatic rings. The zero-order valence-electron chi connectivity index (χ0n) is 20.0. The fourth-order valence-electron chi connectivity index (χ4n) is 4.07. The molecule has 0 bridgehead atoms. The second kappa shape index (κ2) is 13.9. The van der Waals surface area contributed by atoms with Crippen molar-refractivity contribution in [2.45, 2.75) is 25.5 Å². The van der Waals surface area contributed by atoms with Gasteiger partial charge in [-0.1, -0.05) is 48.5 Å². The van der Waals surface area contributed by atoms with Crippen LogP contribution in [0.2, 0.25) is 0 Å². The molecule has 10 heteroatoms. The molecule has 0 amide bonds. The maximum absolute atomic E-state index is 13.4. The molecule has 4 aromatic carbocycles. The first-order chi connectivity index (χ1) is 18.8. The minimum Gasteiger partial charge on any atom is -0.457 e. The van der Waals surface area contributed by atoms with Gasteiger partial charge >= 0.3 is 5.97 Å². The van der Waals surface area contributed by atoms with Gasteiger partial charge in [-0.05, 0) is 155 Å². The Hall–Kier alpha value is -0.120. The van der Waals surface area contributed by atoms with E-state index >= 15 is 0 Å². The Kier molecular flexibility index (Phi) is 10.8. The van der Waals surface area contributed by atoms with E-state index in [0.29, 0.717) is 11.1 Å². The number of esters is 1. The highest BCUT2D eigenvalue weighted by Crippen LogP contribution is 2.46. The molecule has 2 unspecified atom stereocenters. The van der Waals surface area contributed by atoms with Crippen molar-refractivity contribution >= 4 is 119 Å². The minimum absolute atomic E-state index is 0.173. The first-order valence-corrected chi connectivity index (χ1v) is 17.1. The van der Waals surface area contributed by atoms with Gasteiger partial charge in [-0.15, -0.1) is 0 Å². The molecule has 0 radical (unpaired) electrons. The van der Waals surface area contributed by atoms with Crippen molar-refractivity contribution in [3.8, 4) is 0 Å². The van der Waals surface area contributed by atoms with Gasteiger partial charge in [-0.2, -0.15) is 0 Å². The molecule has 5 nitrogen and oxygen atoms in total. The molecule has 0 aliphatic carbocycles. The van der Waals surface area contributed by atoms with Crippen LogP contribution in [0.4, 0.5) is 0 Å². The zero-order chi connectivity index (χ0) is 27.5. The van der Waals surface area contributed by atoms with Crippen LogP contribution < -0.4 is 0 Å². The van der Waals surface area contributed by atoms with Crippen molar-refractivity contribution in [2.75, 3.05) is 0 Å². The standard InChI is InChI=1S/C29H19I5O5/c30-18-10-4-9-17(26(35)36-15-16-7-2-1-3-8-16)23(18)27-37-28(24-19(31)11-5-12-20(24)32)39-29(38-27)25-21(33)13-6-14-22(25)34/h1-14,27-29H,15H2. The Balaban J connectivity index is 1.55. The number of benzene rings is 4. The molecular formula is C29H19I5O5. The molecule has 0 spiro atoms. The average Bonchev–Trinajstić information content (AvgIpc) is 2.92. The van der Waals surface area contributed by atoms with E-state index < -0.39 is 24.8 Å². The molecule has 2 atom stereocenters. The fraction of sp³-hybridized carbons (Fsp3) is 0.138. The van der Waals surface area contributed by atoms with Crippen LogP contribution in [0.25, 0.3) is 0 Å². The van der Waals surface area contributed by atoms with Gasteiger partial charge in [0.1, 0.15) is 6.61 Å². The maximum atomic E-state index is 13.4. The van der Waals surface area contributed by atoms with Gasteiger partial charge in [-0.25, -0.2) is 4.79 Å². The van der Waals surface area contributed by atoms with Crippen LogP contribution in [0.15, 0.2) is 84.9 Å². The van der Waals surface area contributed by atoms with Crippen molar-refractivity contribution in [1.82, 2.24) is 0 Å². The number of hydrogen-bond acceptors (Lipinski definition) is 5. The Morgan fingerprint density at radius 1 is 0.564 bits per heavy atom. The topological polar surface area (TPSA) is 54.0 Å². The highest BCUT2D eigenvalue weighted by atomic mass is 127. The molecule has 1 heterocycles. The first-order valence-electron chi connectivity index (χ1n) is 11.7. The number of ether oxygens (including phenoxy) is 4. The summed E-state index contributed by atoms with van der Waals surface area (Å²) in [6, 6.07) is 27.3. The molecule has 5 rings (SSSR count). The van der Waals surface area contributed by atoms with E-state index in [-0.39, 0.29) is 6.61 Å². The van der Waals surface area contributed by atoms with Crippen molar-refractivity contribution in [2.24, 2.45) is 0 Å². The van der Waals surface area contributed by atoms with Crippen LogP contribution in [0.1, 0.15) is 51.5 Å². The van der Waals surface area contributed by atoms with Crippen LogP contribution in [-0.4, -0.2) is 5.97 Å². The zero-order valence-corrected chi connectivity index (χ0v) is 30.7. The lowest BCUT2D eigenvalue weighted by atomic mass is 10.1. The Morgan fingerprint density at radius 3 is 1.46 bits per heavy atom. The molecule has 0 N–H and O–H groups in total.